The minimum Gasteiger partial charge on any atom is -0.328 e. The van der Waals surface area contributed by atoms with E-state index < -0.39 is 0 Å². The molecule has 4 heteroatoms. The van der Waals surface area contributed by atoms with Gasteiger partial charge in [-0.1, -0.05) is 0 Å². The Balaban J connectivity index is 2.37. The Morgan fingerprint density at radius 1 is 1.25 bits per heavy atom. The number of H-pyrrole nitrogens is 1. The number of hydrogen-bond donors (Lipinski definition) is 1. The maximum absolute atomic E-state index is 12.0. The summed E-state index contributed by atoms with van der Waals surface area (Å²) in [7, 11) is 0. The Morgan fingerprint density at radius 3 is 2.70 bits per heavy atom. The van der Waals surface area contributed by atoms with Crippen LogP contribution in [0.15, 0.2) is 35.3 Å². The highest BCUT2D eigenvalue weighted by atomic mass is 16.1. The van der Waals surface area contributed by atoms with E-state index in [9.17, 15) is 4.79 Å². The Labute approximate surface area is 117 Å². The van der Waals surface area contributed by atoms with E-state index in [4.69, 9.17) is 0 Å². The molecule has 0 aliphatic carbocycles. The number of aromatic amines is 1. The Morgan fingerprint density at radius 2 is 2.00 bits per heavy atom. The van der Waals surface area contributed by atoms with E-state index in [0.717, 1.165) is 23.4 Å². The van der Waals surface area contributed by atoms with Gasteiger partial charge in [0.05, 0.1) is 16.6 Å². The molecule has 0 spiro atoms. The molecule has 0 aliphatic rings. The van der Waals surface area contributed by atoms with Crippen LogP contribution < -0.4 is 5.56 Å². The van der Waals surface area contributed by atoms with Crippen molar-refractivity contribution in [3.8, 4) is 11.4 Å². The quantitative estimate of drug-likeness (QED) is 0.776. The summed E-state index contributed by atoms with van der Waals surface area (Å²) in [6.45, 7) is 7.02. The number of rotatable bonds is 2. The van der Waals surface area contributed by atoms with E-state index in [1.807, 2.05) is 12.1 Å². The van der Waals surface area contributed by atoms with Gasteiger partial charge in [0.25, 0.3) is 5.56 Å². The Bertz CT molecular complexity index is 843. The summed E-state index contributed by atoms with van der Waals surface area (Å²) in [6.07, 6.45) is 1.64. The third-order valence-corrected chi connectivity index (χ3v) is 3.74. The van der Waals surface area contributed by atoms with Gasteiger partial charge in [-0.05, 0) is 56.2 Å². The fourth-order valence-electron chi connectivity index (χ4n) is 2.50. The number of nitrogens with zero attached hydrogens (tertiary/aromatic N) is 2. The van der Waals surface area contributed by atoms with Crippen LogP contribution in [0.5, 0.6) is 0 Å². The van der Waals surface area contributed by atoms with Crippen LogP contribution in [0.25, 0.3) is 22.4 Å². The lowest BCUT2D eigenvalue weighted by atomic mass is 10.1. The molecular formula is C16H17N3O. The van der Waals surface area contributed by atoms with E-state index >= 15 is 0 Å². The van der Waals surface area contributed by atoms with E-state index in [-0.39, 0.29) is 5.56 Å². The molecule has 0 atom stereocenters. The van der Waals surface area contributed by atoms with Gasteiger partial charge in [0.1, 0.15) is 5.82 Å². The van der Waals surface area contributed by atoms with Crippen LogP contribution in [0.4, 0.5) is 0 Å². The van der Waals surface area contributed by atoms with Gasteiger partial charge in [-0.3, -0.25) is 4.79 Å². The van der Waals surface area contributed by atoms with Crippen molar-refractivity contribution < 1.29 is 0 Å². The number of aryl methyl sites for hydroxylation is 3. The molecule has 0 radical (unpaired) electrons. The number of imidazole rings is 1. The summed E-state index contributed by atoms with van der Waals surface area (Å²) in [4.78, 5) is 19.4. The second-order valence-corrected chi connectivity index (χ2v) is 5.02. The Kier molecular flexibility index (Phi) is 2.93. The summed E-state index contributed by atoms with van der Waals surface area (Å²) >= 11 is 0. The highest BCUT2D eigenvalue weighted by molar-refractivity contribution is 5.82. The first kappa shape index (κ1) is 12.7. The van der Waals surface area contributed by atoms with Crippen LogP contribution in [-0.2, 0) is 6.54 Å². The first-order chi connectivity index (χ1) is 9.61. The zero-order chi connectivity index (χ0) is 14.3. The molecule has 3 aromatic rings. The van der Waals surface area contributed by atoms with Gasteiger partial charge in [0.2, 0.25) is 0 Å². The number of nitrogens with one attached hydrogen (secondary N) is 1. The molecule has 3 rings (SSSR count). The lowest BCUT2D eigenvalue weighted by Gasteiger charge is -2.06. The monoisotopic (exact) mass is 267 g/mol. The predicted octanol–water partition coefficient (Wildman–Crippen LogP) is 3.03. The van der Waals surface area contributed by atoms with Gasteiger partial charge in [-0.25, -0.2) is 4.98 Å². The normalized spacial score (nSPS) is 11.2. The zero-order valence-electron chi connectivity index (χ0n) is 11.9. The maximum atomic E-state index is 12.0. The number of benzene rings is 1. The van der Waals surface area contributed by atoms with Crippen LogP contribution in [0.3, 0.4) is 0 Å². The first-order valence-corrected chi connectivity index (χ1v) is 6.77. The van der Waals surface area contributed by atoms with Crippen molar-refractivity contribution in [2.24, 2.45) is 0 Å². The molecule has 0 unspecified atom stereocenters. The number of aromatic nitrogens is 3. The topological polar surface area (TPSA) is 50.7 Å². The molecule has 0 bridgehead atoms. The van der Waals surface area contributed by atoms with E-state index in [1.54, 1.807) is 6.20 Å². The molecule has 102 valence electrons. The molecule has 4 nitrogen and oxygen atoms in total. The molecule has 0 amide bonds. The van der Waals surface area contributed by atoms with Gasteiger partial charge in [0, 0.05) is 12.7 Å². The standard InChI is InChI=1S/C16H17N3O/c1-4-19-14-9-11(3)10(2)8-13(14)18-15(19)12-6-5-7-17-16(12)20/h5-9H,4H2,1-3H3,(H,17,20). The lowest BCUT2D eigenvalue weighted by molar-refractivity contribution is 0.794. The summed E-state index contributed by atoms with van der Waals surface area (Å²) < 4.78 is 2.09. The van der Waals surface area contributed by atoms with E-state index in [1.165, 1.54) is 11.1 Å². The average molecular weight is 267 g/mol. The van der Waals surface area contributed by atoms with E-state index in [0.29, 0.717) is 5.56 Å². The molecule has 0 fully saturated rings. The molecule has 0 saturated heterocycles. The van der Waals surface area contributed by atoms with Crippen LogP contribution in [0, 0.1) is 13.8 Å². The SMILES string of the molecule is CCn1c(-c2ccc[nH]c2=O)nc2cc(C)c(C)cc21. The third-order valence-electron chi connectivity index (χ3n) is 3.74. The fourth-order valence-corrected chi connectivity index (χ4v) is 2.50. The van der Waals surface area contributed by atoms with Crippen LogP contribution in [0.2, 0.25) is 0 Å². The van der Waals surface area contributed by atoms with Gasteiger partial charge in [-0.15, -0.1) is 0 Å². The molecule has 1 aromatic carbocycles. The van der Waals surface area contributed by atoms with Crippen molar-refractivity contribution in [1.29, 1.82) is 0 Å². The molecule has 2 heterocycles. The van der Waals surface area contributed by atoms with Crippen molar-refractivity contribution in [1.82, 2.24) is 14.5 Å². The third kappa shape index (κ3) is 1.84. The Hall–Kier alpha value is -2.36. The summed E-state index contributed by atoms with van der Waals surface area (Å²) in [5.41, 5.74) is 4.97. The molecular weight excluding hydrogens is 250 g/mol. The summed E-state index contributed by atoms with van der Waals surface area (Å²) in [5, 5.41) is 0. The van der Waals surface area contributed by atoms with Crippen LogP contribution in [0.1, 0.15) is 18.1 Å². The van der Waals surface area contributed by atoms with Gasteiger partial charge in [0.15, 0.2) is 0 Å². The number of pyridine rings is 1. The average Bonchev–Trinajstić information content (AvgIpc) is 2.77. The van der Waals surface area contributed by atoms with E-state index in [2.05, 4.69) is 47.4 Å². The zero-order valence-corrected chi connectivity index (χ0v) is 11.9. The molecule has 1 N–H and O–H groups in total. The van der Waals surface area contributed by atoms with Crippen molar-refractivity contribution in [2.75, 3.05) is 0 Å². The summed E-state index contributed by atoms with van der Waals surface area (Å²) in [5.74, 6) is 0.731. The van der Waals surface area contributed by atoms with Gasteiger partial charge >= 0.3 is 0 Å². The van der Waals surface area contributed by atoms with Crippen LogP contribution in [-0.4, -0.2) is 14.5 Å². The maximum Gasteiger partial charge on any atom is 0.258 e. The largest absolute Gasteiger partial charge is 0.328 e. The first-order valence-electron chi connectivity index (χ1n) is 6.77. The fraction of sp³-hybridized carbons (Fsp3) is 0.250. The highest BCUT2D eigenvalue weighted by Gasteiger charge is 2.14. The molecule has 20 heavy (non-hydrogen) atoms. The van der Waals surface area contributed by atoms with Crippen LogP contribution >= 0.6 is 0 Å². The predicted molar refractivity (Wildman–Crippen MR) is 80.9 cm³/mol. The van der Waals surface area contributed by atoms with Gasteiger partial charge < -0.3 is 9.55 Å². The minimum absolute atomic E-state index is 0.106. The van der Waals surface area contributed by atoms with Crippen molar-refractivity contribution in [3.05, 3.63) is 51.9 Å². The molecule has 0 saturated carbocycles. The lowest BCUT2D eigenvalue weighted by Crippen LogP contribution is -2.10. The molecule has 0 aliphatic heterocycles. The summed E-state index contributed by atoms with van der Waals surface area (Å²) in [6, 6.07) is 7.86. The second kappa shape index (κ2) is 4.63. The molecule has 2 aromatic heterocycles. The second-order valence-electron chi connectivity index (χ2n) is 5.02. The van der Waals surface area contributed by atoms with Gasteiger partial charge in [-0.2, -0.15) is 0 Å². The highest BCUT2D eigenvalue weighted by Crippen LogP contribution is 2.25. The minimum atomic E-state index is -0.106. The number of hydrogen-bond acceptors (Lipinski definition) is 2. The van der Waals surface area contributed by atoms with Crippen molar-refractivity contribution in [2.45, 2.75) is 27.3 Å². The van der Waals surface area contributed by atoms with Crippen molar-refractivity contribution >= 4 is 11.0 Å². The van der Waals surface area contributed by atoms with Crippen molar-refractivity contribution in [3.63, 3.8) is 0 Å². The smallest absolute Gasteiger partial charge is 0.258 e. The number of fused-ring (bicyclic) bond motifs is 1.